The zero-order chi connectivity index (χ0) is 25.4. The van der Waals surface area contributed by atoms with Gasteiger partial charge < -0.3 is 14.0 Å². The van der Waals surface area contributed by atoms with E-state index in [4.69, 9.17) is 9.47 Å². The number of rotatable bonds is 6. The molecule has 6 heteroatoms. The maximum absolute atomic E-state index is 15.3. The lowest BCUT2D eigenvalue weighted by atomic mass is 9.71. The van der Waals surface area contributed by atoms with E-state index in [0.29, 0.717) is 23.6 Å². The minimum absolute atomic E-state index is 0.0951. The van der Waals surface area contributed by atoms with Gasteiger partial charge in [-0.2, -0.15) is 0 Å². The number of nitrogens with zero attached hydrogens (tertiary/aromatic N) is 1. The van der Waals surface area contributed by atoms with Gasteiger partial charge in [-0.25, -0.2) is 8.78 Å². The van der Waals surface area contributed by atoms with Crippen molar-refractivity contribution in [2.24, 2.45) is 10.8 Å². The van der Waals surface area contributed by atoms with Crippen LogP contribution in [0.5, 0.6) is 11.5 Å². The molecule has 34 heavy (non-hydrogen) atoms. The summed E-state index contributed by atoms with van der Waals surface area (Å²) in [5.74, 6) is -0.485. The van der Waals surface area contributed by atoms with Gasteiger partial charge in [0.25, 0.3) is 0 Å². The topological polar surface area (TPSA) is 40.5 Å². The molecule has 0 aliphatic carbocycles. The van der Waals surface area contributed by atoms with E-state index in [1.807, 2.05) is 11.5 Å². The summed E-state index contributed by atoms with van der Waals surface area (Å²) >= 11 is 0. The van der Waals surface area contributed by atoms with E-state index in [9.17, 15) is 4.79 Å². The standard InChI is InChI=1S/C28H35F2NO3/c1-9-14-34-22-13-12-20(29)23-24(22)31(26(27(2,3)4)28(5,6)7)16-19(25(23)32)18-11-10-17(33-8)15-21(18)30/h10-13,15-16,26H,9,14H2,1-8H3. The van der Waals surface area contributed by atoms with Crippen molar-refractivity contribution >= 4 is 10.9 Å². The van der Waals surface area contributed by atoms with Crippen LogP contribution < -0.4 is 14.9 Å². The normalized spacial score (nSPS) is 12.4. The molecule has 3 aromatic rings. The SMILES string of the molecule is CCCOc1ccc(F)c2c(=O)c(-c3ccc(OC)cc3F)cn(C(C(C)(C)C)C(C)(C)C)c12. The zero-order valence-electron chi connectivity index (χ0n) is 21.4. The second-order valence-corrected chi connectivity index (χ2v) is 10.9. The molecule has 0 unspecified atom stereocenters. The summed E-state index contributed by atoms with van der Waals surface area (Å²) in [6, 6.07) is 6.96. The fourth-order valence-corrected chi connectivity index (χ4v) is 5.12. The minimum atomic E-state index is -0.657. The number of hydrogen-bond acceptors (Lipinski definition) is 3. The minimum Gasteiger partial charge on any atom is -0.497 e. The van der Waals surface area contributed by atoms with Gasteiger partial charge >= 0.3 is 0 Å². The van der Waals surface area contributed by atoms with Crippen molar-refractivity contribution in [3.05, 3.63) is 58.4 Å². The number of aromatic nitrogens is 1. The van der Waals surface area contributed by atoms with Gasteiger partial charge in [0.15, 0.2) is 5.43 Å². The molecule has 0 fully saturated rings. The Bertz CT molecular complexity index is 1240. The van der Waals surface area contributed by atoms with Crippen molar-refractivity contribution in [1.29, 1.82) is 0 Å². The van der Waals surface area contributed by atoms with Crippen molar-refractivity contribution in [3.63, 3.8) is 0 Å². The quantitative estimate of drug-likeness (QED) is 0.377. The predicted octanol–water partition coefficient (Wildman–Crippen LogP) is 7.38. The number of fused-ring (bicyclic) bond motifs is 1. The second kappa shape index (κ2) is 9.40. The third-order valence-electron chi connectivity index (χ3n) is 5.94. The smallest absolute Gasteiger partial charge is 0.200 e. The van der Waals surface area contributed by atoms with Crippen LogP contribution in [0, 0.1) is 22.5 Å². The molecular formula is C28H35F2NO3. The molecule has 0 spiro atoms. The molecule has 0 radical (unpaired) electrons. The van der Waals surface area contributed by atoms with E-state index in [1.54, 1.807) is 18.3 Å². The molecule has 0 saturated heterocycles. The first-order chi connectivity index (χ1) is 15.8. The first kappa shape index (κ1) is 25.7. The Labute approximate surface area is 200 Å². The molecule has 0 bridgehead atoms. The van der Waals surface area contributed by atoms with Gasteiger partial charge in [0.2, 0.25) is 0 Å². The molecule has 0 aliphatic rings. The fraction of sp³-hybridized carbons (Fsp3) is 0.464. The van der Waals surface area contributed by atoms with Crippen molar-refractivity contribution < 1.29 is 18.3 Å². The molecule has 3 rings (SSSR count). The Kier molecular flexibility index (Phi) is 7.11. The summed E-state index contributed by atoms with van der Waals surface area (Å²) in [5.41, 5.74) is -0.531. The molecule has 4 nitrogen and oxygen atoms in total. The van der Waals surface area contributed by atoms with Crippen LogP contribution in [0.15, 0.2) is 41.3 Å². The molecule has 0 atom stereocenters. The Morgan fingerprint density at radius 2 is 1.59 bits per heavy atom. The predicted molar refractivity (Wildman–Crippen MR) is 134 cm³/mol. The number of hydrogen-bond donors (Lipinski definition) is 0. The van der Waals surface area contributed by atoms with E-state index < -0.39 is 17.1 Å². The third-order valence-corrected chi connectivity index (χ3v) is 5.94. The van der Waals surface area contributed by atoms with Crippen molar-refractivity contribution in [2.75, 3.05) is 13.7 Å². The number of benzene rings is 2. The summed E-state index contributed by atoms with van der Waals surface area (Å²) in [7, 11) is 1.45. The Hall–Kier alpha value is -2.89. The van der Waals surface area contributed by atoms with E-state index in [2.05, 4.69) is 41.5 Å². The highest BCUT2D eigenvalue weighted by Crippen LogP contribution is 2.46. The molecular weight excluding hydrogens is 436 g/mol. The monoisotopic (exact) mass is 471 g/mol. The first-order valence-corrected chi connectivity index (χ1v) is 11.6. The zero-order valence-corrected chi connectivity index (χ0v) is 21.4. The number of ether oxygens (including phenoxy) is 2. The molecule has 184 valence electrons. The van der Waals surface area contributed by atoms with Crippen LogP contribution in [0.3, 0.4) is 0 Å². The molecule has 0 saturated carbocycles. The maximum Gasteiger partial charge on any atom is 0.200 e. The van der Waals surface area contributed by atoms with E-state index in [0.717, 1.165) is 6.42 Å². The van der Waals surface area contributed by atoms with Gasteiger partial charge in [-0.3, -0.25) is 4.79 Å². The fourth-order valence-electron chi connectivity index (χ4n) is 5.12. The van der Waals surface area contributed by atoms with E-state index in [-0.39, 0.29) is 33.4 Å². The van der Waals surface area contributed by atoms with Crippen molar-refractivity contribution in [2.45, 2.75) is 60.9 Å². The van der Waals surface area contributed by atoms with Crippen LogP contribution in [-0.4, -0.2) is 18.3 Å². The average molecular weight is 472 g/mol. The lowest BCUT2D eigenvalue weighted by Crippen LogP contribution is -2.36. The summed E-state index contributed by atoms with van der Waals surface area (Å²) in [6.07, 6.45) is 2.43. The first-order valence-electron chi connectivity index (χ1n) is 11.6. The van der Waals surface area contributed by atoms with Crippen LogP contribution in [-0.2, 0) is 0 Å². The van der Waals surface area contributed by atoms with Gasteiger partial charge in [-0.05, 0) is 41.5 Å². The van der Waals surface area contributed by atoms with Crippen LogP contribution >= 0.6 is 0 Å². The van der Waals surface area contributed by atoms with Crippen molar-refractivity contribution in [1.82, 2.24) is 4.57 Å². The highest BCUT2D eigenvalue weighted by Gasteiger charge is 2.38. The van der Waals surface area contributed by atoms with Gasteiger partial charge in [-0.15, -0.1) is 0 Å². The van der Waals surface area contributed by atoms with Gasteiger partial charge in [0.1, 0.15) is 23.1 Å². The summed E-state index contributed by atoms with van der Waals surface area (Å²) < 4.78 is 43.4. The number of pyridine rings is 1. The Morgan fingerprint density at radius 1 is 0.941 bits per heavy atom. The van der Waals surface area contributed by atoms with Crippen LogP contribution in [0.2, 0.25) is 0 Å². The average Bonchev–Trinajstić information content (AvgIpc) is 2.73. The summed E-state index contributed by atoms with van der Waals surface area (Å²) in [5, 5.41) is -0.0974. The second-order valence-electron chi connectivity index (χ2n) is 10.9. The third kappa shape index (κ3) is 4.82. The van der Waals surface area contributed by atoms with Crippen molar-refractivity contribution in [3.8, 4) is 22.6 Å². The molecule has 1 aromatic heterocycles. The number of methoxy groups -OCH3 is 1. The van der Waals surface area contributed by atoms with Gasteiger partial charge in [-0.1, -0.05) is 48.5 Å². The van der Waals surface area contributed by atoms with E-state index in [1.165, 1.54) is 25.3 Å². The molecule has 2 aromatic carbocycles. The van der Waals surface area contributed by atoms with Gasteiger partial charge in [0.05, 0.1) is 24.6 Å². The van der Waals surface area contributed by atoms with Crippen LogP contribution in [0.4, 0.5) is 8.78 Å². The largest absolute Gasteiger partial charge is 0.497 e. The maximum atomic E-state index is 15.3. The van der Waals surface area contributed by atoms with Crippen LogP contribution in [0.25, 0.3) is 22.0 Å². The molecule has 0 N–H and O–H groups in total. The summed E-state index contributed by atoms with van der Waals surface area (Å²) in [6.45, 7) is 15.0. The molecule has 1 heterocycles. The van der Waals surface area contributed by atoms with E-state index >= 15 is 8.78 Å². The lowest BCUT2D eigenvalue weighted by molar-refractivity contribution is 0.114. The lowest BCUT2D eigenvalue weighted by Gasteiger charge is -2.43. The summed E-state index contributed by atoms with van der Waals surface area (Å²) in [4.78, 5) is 13.6. The Morgan fingerprint density at radius 3 is 2.12 bits per heavy atom. The Balaban J connectivity index is 2.52. The van der Waals surface area contributed by atoms with Crippen LogP contribution in [0.1, 0.15) is 60.9 Å². The molecule has 0 aliphatic heterocycles. The molecule has 0 amide bonds. The number of halogens is 2. The highest BCUT2D eigenvalue weighted by molar-refractivity contribution is 5.89. The van der Waals surface area contributed by atoms with Gasteiger partial charge in [0, 0.05) is 29.4 Å². The highest BCUT2D eigenvalue weighted by atomic mass is 19.1.